The Morgan fingerprint density at radius 3 is 2.42 bits per heavy atom. The van der Waals surface area contributed by atoms with Crippen molar-refractivity contribution in [3.05, 3.63) is 66.0 Å². The summed E-state index contributed by atoms with van der Waals surface area (Å²) in [6.45, 7) is 0. The molecule has 1 saturated carbocycles. The maximum atomic E-state index is 11.8. The maximum absolute atomic E-state index is 11.8. The third kappa shape index (κ3) is 2.79. The molecule has 1 aliphatic rings. The summed E-state index contributed by atoms with van der Waals surface area (Å²) in [5.74, 6) is 2.06. The lowest BCUT2D eigenvalue weighted by Crippen LogP contribution is -2.34. The van der Waals surface area contributed by atoms with Gasteiger partial charge >= 0.3 is 0 Å². The number of hydrogen-bond donors (Lipinski definition) is 0. The van der Waals surface area contributed by atoms with Crippen molar-refractivity contribution < 1.29 is 14.1 Å². The van der Waals surface area contributed by atoms with Crippen molar-refractivity contribution in [1.29, 1.82) is 0 Å². The van der Waals surface area contributed by atoms with Gasteiger partial charge in [-0.3, -0.25) is 4.79 Å². The average Bonchev–Trinajstić information content (AvgIpc) is 3.20. The number of rotatable bonds is 4. The van der Waals surface area contributed by atoms with Crippen molar-refractivity contribution in [3.8, 4) is 17.2 Å². The van der Waals surface area contributed by atoms with E-state index in [9.17, 15) is 4.79 Å². The van der Waals surface area contributed by atoms with Gasteiger partial charge in [-0.2, -0.15) is 4.98 Å². The standard InChI is InChI=1S/C21H20N2O3/c1-25-18-10-6-5-9-17(18)19-22-20(23-26-19)21(13-11-16(24)12-14-21)15-7-3-2-4-8-15/h2-10H,11-14H2,1H3. The molecule has 0 aliphatic heterocycles. The number of ether oxygens (including phenoxy) is 1. The Morgan fingerprint density at radius 1 is 1.00 bits per heavy atom. The molecule has 3 aromatic rings. The predicted molar refractivity (Wildman–Crippen MR) is 97.0 cm³/mol. The van der Waals surface area contributed by atoms with Crippen molar-refractivity contribution in [2.75, 3.05) is 7.11 Å². The van der Waals surface area contributed by atoms with Gasteiger partial charge in [-0.15, -0.1) is 0 Å². The SMILES string of the molecule is COc1ccccc1-c1nc(C2(c3ccccc3)CCC(=O)CC2)no1. The zero-order valence-corrected chi connectivity index (χ0v) is 14.6. The Hall–Kier alpha value is -2.95. The van der Waals surface area contributed by atoms with Crippen LogP contribution in [0, 0.1) is 0 Å². The van der Waals surface area contributed by atoms with E-state index in [2.05, 4.69) is 17.3 Å². The van der Waals surface area contributed by atoms with Crippen LogP contribution < -0.4 is 4.74 Å². The zero-order chi connectivity index (χ0) is 18.0. The molecule has 2 aromatic carbocycles. The summed E-state index contributed by atoms with van der Waals surface area (Å²) in [4.78, 5) is 16.6. The number of carbonyl (C=O) groups excluding carboxylic acids is 1. The molecule has 0 radical (unpaired) electrons. The second kappa shape index (κ2) is 6.75. The van der Waals surface area contributed by atoms with Crippen LogP contribution in [0.5, 0.6) is 5.75 Å². The number of hydrogen-bond acceptors (Lipinski definition) is 5. The highest BCUT2D eigenvalue weighted by atomic mass is 16.5. The number of benzene rings is 2. The van der Waals surface area contributed by atoms with Crippen LogP contribution in [-0.4, -0.2) is 23.0 Å². The molecular formula is C21H20N2O3. The molecule has 4 rings (SSSR count). The van der Waals surface area contributed by atoms with Gasteiger partial charge in [-0.1, -0.05) is 47.6 Å². The highest BCUT2D eigenvalue weighted by Crippen LogP contribution is 2.43. The summed E-state index contributed by atoms with van der Waals surface area (Å²) in [6.07, 6.45) is 2.46. The molecule has 1 aromatic heterocycles. The van der Waals surface area contributed by atoms with Crippen molar-refractivity contribution in [1.82, 2.24) is 10.1 Å². The van der Waals surface area contributed by atoms with Crippen LogP contribution in [-0.2, 0) is 10.2 Å². The summed E-state index contributed by atoms with van der Waals surface area (Å²) in [6, 6.07) is 17.7. The lowest BCUT2D eigenvalue weighted by Gasteiger charge is -2.34. The summed E-state index contributed by atoms with van der Waals surface area (Å²) in [5, 5.41) is 4.31. The van der Waals surface area contributed by atoms with Crippen molar-refractivity contribution in [2.24, 2.45) is 0 Å². The fourth-order valence-electron chi connectivity index (χ4n) is 3.70. The minimum Gasteiger partial charge on any atom is -0.496 e. The van der Waals surface area contributed by atoms with E-state index in [0.29, 0.717) is 48.9 Å². The maximum Gasteiger partial charge on any atom is 0.261 e. The van der Waals surface area contributed by atoms with Gasteiger partial charge < -0.3 is 9.26 Å². The third-order valence-corrected chi connectivity index (χ3v) is 5.18. The molecule has 0 saturated heterocycles. The Balaban J connectivity index is 1.79. The molecule has 132 valence electrons. The first kappa shape index (κ1) is 16.5. The average molecular weight is 348 g/mol. The molecule has 0 N–H and O–H groups in total. The van der Waals surface area contributed by atoms with Gasteiger partial charge in [0.05, 0.1) is 18.1 Å². The van der Waals surface area contributed by atoms with Crippen LogP contribution in [0.3, 0.4) is 0 Å². The predicted octanol–water partition coefficient (Wildman–Crippen LogP) is 4.17. The lowest BCUT2D eigenvalue weighted by atomic mass is 9.68. The van der Waals surface area contributed by atoms with Crippen LogP contribution in [0.2, 0.25) is 0 Å². The van der Waals surface area contributed by atoms with E-state index in [1.165, 1.54) is 0 Å². The number of aromatic nitrogens is 2. The van der Waals surface area contributed by atoms with E-state index in [-0.39, 0.29) is 5.41 Å². The number of carbonyl (C=O) groups is 1. The molecule has 0 unspecified atom stereocenters. The zero-order valence-electron chi connectivity index (χ0n) is 14.6. The van der Waals surface area contributed by atoms with Gasteiger partial charge in [0.2, 0.25) is 0 Å². The van der Waals surface area contributed by atoms with E-state index in [0.717, 1.165) is 11.1 Å². The van der Waals surface area contributed by atoms with Crippen LogP contribution in [0.4, 0.5) is 0 Å². The van der Waals surface area contributed by atoms with Gasteiger partial charge in [0, 0.05) is 12.8 Å². The first-order valence-electron chi connectivity index (χ1n) is 8.78. The molecule has 5 nitrogen and oxygen atoms in total. The van der Waals surface area contributed by atoms with Gasteiger partial charge in [0.25, 0.3) is 5.89 Å². The fraction of sp³-hybridized carbons (Fsp3) is 0.286. The fourth-order valence-corrected chi connectivity index (χ4v) is 3.70. The molecule has 1 aliphatic carbocycles. The normalized spacial score (nSPS) is 16.4. The van der Waals surface area contributed by atoms with Crippen LogP contribution in [0.15, 0.2) is 59.1 Å². The largest absolute Gasteiger partial charge is 0.496 e. The minimum absolute atomic E-state index is 0.296. The first-order chi connectivity index (χ1) is 12.7. The van der Waals surface area contributed by atoms with Crippen LogP contribution >= 0.6 is 0 Å². The number of nitrogens with zero attached hydrogens (tertiary/aromatic N) is 2. The number of para-hydroxylation sites is 1. The Morgan fingerprint density at radius 2 is 1.69 bits per heavy atom. The van der Waals surface area contributed by atoms with Crippen LogP contribution in [0.1, 0.15) is 37.1 Å². The summed E-state index contributed by atoms with van der Waals surface area (Å²) >= 11 is 0. The minimum atomic E-state index is -0.390. The molecule has 5 heteroatoms. The Labute approximate surface area is 152 Å². The molecule has 1 fully saturated rings. The van der Waals surface area contributed by atoms with E-state index in [1.54, 1.807) is 7.11 Å². The van der Waals surface area contributed by atoms with Crippen LogP contribution in [0.25, 0.3) is 11.5 Å². The summed E-state index contributed by atoms with van der Waals surface area (Å²) < 4.78 is 11.0. The first-order valence-corrected chi connectivity index (χ1v) is 8.78. The Bertz CT molecular complexity index is 908. The summed E-state index contributed by atoms with van der Waals surface area (Å²) in [5.41, 5.74) is 1.50. The molecule has 0 bridgehead atoms. The van der Waals surface area contributed by atoms with E-state index < -0.39 is 0 Å². The third-order valence-electron chi connectivity index (χ3n) is 5.18. The lowest BCUT2D eigenvalue weighted by molar-refractivity contribution is -0.121. The smallest absolute Gasteiger partial charge is 0.261 e. The Kier molecular flexibility index (Phi) is 4.29. The number of methoxy groups -OCH3 is 1. The number of Topliss-reactive ketones (excluding diaryl/α,β-unsaturated/α-hetero) is 1. The van der Waals surface area contributed by atoms with Gasteiger partial charge in [-0.25, -0.2) is 0 Å². The van der Waals surface area contributed by atoms with E-state index in [1.807, 2.05) is 42.5 Å². The molecular weight excluding hydrogens is 328 g/mol. The number of ketones is 1. The van der Waals surface area contributed by atoms with E-state index in [4.69, 9.17) is 14.2 Å². The quantitative estimate of drug-likeness (QED) is 0.708. The van der Waals surface area contributed by atoms with Crippen molar-refractivity contribution in [2.45, 2.75) is 31.1 Å². The molecule has 0 amide bonds. The van der Waals surface area contributed by atoms with E-state index >= 15 is 0 Å². The molecule has 1 heterocycles. The van der Waals surface area contributed by atoms with Crippen molar-refractivity contribution in [3.63, 3.8) is 0 Å². The summed E-state index contributed by atoms with van der Waals surface area (Å²) in [7, 11) is 1.62. The molecule has 26 heavy (non-hydrogen) atoms. The van der Waals surface area contributed by atoms with Gasteiger partial charge in [-0.05, 0) is 30.5 Å². The second-order valence-corrected chi connectivity index (χ2v) is 6.61. The second-order valence-electron chi connectivity index (χ2n) is 6.61. The monoisotopic (exact) mass is 348 g/mol. The van der Waals surface area contributed by atoms with Crippen molar-refractivity contribution >= 4 is 5.78 Å². The topological polar surface area (TPSA) is 65.2 Å². The molecule has 0 spiro atoms. The highest BCUT2D eigenvalue weighted by Gasteiger charge is 2.42. The molecule has 0 atom stereocenters. The highest BCUT2D eigenvalue weighted by molar-refractivity contribution is 5.80. The van der Waals surface area contributed by atoms with Gasteiger partial charge in [0.1, 0.15) is 11.5 Å². The van der Waals surface area contributed by atoms with Gasteiger partial charge in [0.15, 0.2) is 5.82 Å².